The average molecular weight is 763 g/mol. The lowest BCUT2D eigenvalue weighted by atomic mass is 9.92. The van der Waals surface area contributed by atoms with Crippen molar-refractivity contribution in [3.63, 3.8) is 0 Å². The van der Waals surface area contributed by atoms with E-state index in [-0.39, 0.29) is 30.0 Å². The van der Waals surface area contributed by atoms with Crippen LogP contribution in [-0.4, -0.2) is 83.7 Å². The number of carbonyl (C=O) groups is 3. The molecule has 286 valence electrons. The molecule has 13 heteroatoms. The summed E-state index contributed by atoms with van der Waals surface area (Å²) in [4.78, 5) is 48.6. The number of ether oxygens (including phenoxy) is 1. The van der Waals surface area contributed by atoms with E-state index in [1.807, 2.05) is 24.3 Å². The predicted octanol–water partition coefficient (Wildman–Crippen LogP) is 6.68. The van der Waals surface area contributed by atoms with E-state index in [1.54, 1.807) is 29.3 Å². The highest BCUT2D eigenvalue weighted by Crippen LogP contribution is 2.34. The minimum absolute atomic E-state index is 0.0507. The third-order valence-corrected chi connectivity index (χ3v) is 12.2. The molecule has 55 heavy (non-hydrogen) atoms. The summed E-state index contributed by atoms with van der Waals surface area (Å²) in [5.41, 5.74) is 2.99. The average Bonchev–Trinajstić information content (AvgIpc) is 3.64. The van der Waals surface area contributed by atoms with Crippen LogP contribution in [0, 0.1) is 17.2 Å². The maximum Gasteiger partial charge on any atom is 0.328 e. The molecule has 0 unspecified atom stereocenters. The number of hydrogen-bond acceptors (Lipinski definition) is 8. The molecule has 4 fully saturated rings. The van der Waals surface area contributed by atoms with E-state index >= 15 is 0 Å². The van der Waals surface area contributed by atoms with E-state index in [1.165, 1.54) is 0 Å². The number of nitrogens with zero attached hydrogens (tertiary/aromatic N) is 6. The second-order valence-electron chi connectivity index (χ2n) is 15.4. The van der Waals surface area contributed by atoms with Gasteiger partial charge in [0.2, 0.25) is 5.91 Å². The smallest absolute Gasteiger partial charge is 0.328 e. The zero-order chi connectivity index (χ0) is 37.9. The number of nitrogens with one attached hydrogen (secondary N) is 2. The van der Waals surface area contributed by atoms with Gasteiger partial charge >= 0.3 is 6.03 Å². The fourth-order valence-corrected chi connectivity index (χ4v) is 8.98. The number of amides is 4. The van der Waals surface area contributed by atoms with Gasteiger partial charge in [0, 0.05) is 81.6 Å². The van der Waals surface area contributed by atoms with Crippen molar-refractivity contribution in [3.8, 4) is 11.8 Å². The molecule has 3 aliphatic heterocycles. The monoisotopic (exact) mass is 762 g/mol. The second-order valence-corrected chi connectivity index (χ2v) is 15.8. The fourth-order valence-electron chi connectivity index (χ4n) is 8.76. The van der Waals surface area contributed by atoms with Crippen LogP contribution in [0.1, 0.15) is 79.8 Å². The first-order chi connectivity index (χ1) is 26.8. The largest absolute Gasteiger partial charge is 0.490 e. The van der Waals surface area contributed by atoms with E-state index in [4.69, 9.17) is 26.6 Å². The maximum atomic E-state index is 13.1. The minimum Gasteiger partial charge on any atom is -0.490 e. The Morgan fingerprint density at radius 2 is 1.75 bits per heavy atom. The van der Waals surface area contributed by atoms with Crippen molar-refractivity contribution < 1.29 is 19.1 Å². The van der Waals surface area contributed by atoms with Gasteiger partial charge in [0.1, 0.15) is 17.6 Å². The van der Waals surface area contributed by atoms with Crippen molar-refractivity contribution in [2.45, 2.75) is 76.0 Å². The summed E-state index contributed by atoms with van der Waals surface area (Å²) in [6, 6.07) is 19.4. The lowest BCUT2D eigenvalue weighted by Crippen LogP contribution is -2.49. The lowest BCUT2D eigenvalue weighted by Gasteiger charge is -2.38. The van der Waals surface area contributed by atoms with Crippen LogP contribution < -0.4 is 25.2 Å². The predicted molar refractivity (Wildman–Crippen MR) is 212 cm³/mol. The molecular weight excluding hydrogens is 716 g/mol. The van der Waals surface area contributed by atoms with E-state index in [0.29, 0.717) is 46.8 Å². The van der Waals surface area contributed by atoms with Crippen LogP contribution in [0.25, 0.3) is 10.9 Å². The number of urea groups is 1. The van der Waals surface area contributed by atoms with Gasteiger partial charge in [-0.3, -0.25) is 19.8 Å². The van der Waals surface area contributed by atoms with Gasteiger partial charge in [-0.15, -0.1) is 0 Å². The molecule has 8 rings (SSSR count). The molecule has 0 radical (unpaired) electrons. The van der Waals surface area contributed by atoms with Gasteiger partial charge in [0.05, 0.1) is 33.5 Å². The van der Waals surface area contributed by atoms with Crippen LogP contribution in [0.5, 0.6) is 5.75 Å². The Bertz CT molecular complexity index is 2070. The summed E-state index contributed by atoms with van der Waals surface area (Å²) in [6.45, 7) is 5.56. The summed E-state index contributed by atoms with van der Waals surface area (Å²) in [7, 11) is 0. The van der Waals surface area contributed by atoms with Crippen molar-refractivity contribution in [2.24, 2.45) is 5.92 Å². The normalized spacial score (nSPS) is 21.7. The van der Waals surface area contributed by atoms with E-state index in [2.05, 4.69) is 49.4 Å². The Morgan fingerprint density at radius 1 is 0.945 bits per heavy atom. The zero-order valence-corrected chi connectivity index (χ0v) is 31.7. The number of nitriles is 1. The number of halogens is 1. The highest BCUT2D eigenvalue weighted by atomic mass is 35.5. The fraction of sp³-hybridized carbons (Fsp3) is 0.452. The van der Waals surface area contributed by atoms with E-state index < -0.39 is 0 Å². The van der Waals surface area contributed by atoms with Crippen LogP contribution in [0.2, 0.25) is 5.02 Å². The van der Waals surface area contributed by atoms with Crippen molar-refractivity contribution in [1.82, 2.24) is 25.1 Å². The second kappa shape index (κ2) is 16.3. The van der Waals surface area contributed by atoms with Gasteiger partial charge in [-0.05, 0) is 99.7 Å². The summed E-state index contributed by atoms with van der Waals surface area (Å²) >= 11 is 6.16. The Balaban J connectivity index is 0.760. The standard InChI is InChI=1S/C42H47ClN8O4/c43-36-24-34(8-4-29(36)25-44)55-33-9-6-31(7-10-33)46-41(53)30-5-11-39(45-26-30)49-20-12-28(13-21-49)27-48-18-14-32(15-19-48)50-22-16-35-37(50)2-1-3-38(35)51-23-17-40(52)47-42(51)54/h1-5,8,11,16,22,24,26,28,31-33H,6-7,9-10,12-15,17-21,23,27H2,(H,46,53)(H,47,52,54). The van der Waals surface area contributed by atoms with Crippen LogP contribution in [0.15, 0.2) is 67.0 Å². The van der Waals surface area contributed by atoms with Gasteiger partial charge in [-0.2, -0.15) is 5.26 Å². The molecule has 0 atom stereocenters. The van der Waals surface area contributed by atoms with Crippen molar-refractivity contribution >= 4 is 51.9 Å². The number of piperidine rings is 2. The number of imide groups is 1. The first-order valence-corrected chi connectivity index (χ1v) is 20.0. The van der Waals surface area contributed by atoms with Crippen LogP contribution >= 0.6 is 11.6 Å². The molecule has 0 bridgehead atoms. The van der Waals surface area contributed by atoms with Gasteiger partial charge in [0.15, 0.2) is 0 Å². The quantitative estimate of drug-likeness (QED) is 0.193. The van der Waals surface area contributed by atoms with Gasteiger partial charge in [-0.25, -0.2) is 9.78 Å². The van der Waals surface area contributed by atoms with Crippen LogP contribution in [0.4, 0.5) is 16.3 Å². The highest BCUT2D eigenvalue weighted by Gasteiger charge is 2.29. The first-order valence-electron chi connectivity index (χ1n) is 19.6. The minimum atomic E-state index is -0.350. The Labute approximate surface area is 326 Å². The Morgan fingerprint density at radius 3 is 2.45 bits per heavy atom. The highest BCUT2D eigenvalue weighted by molar-refractivity contribution is 6.31. The molecule has 2 aromatic carbocycles. The lowest BCUT2D eigenvalue weighted by molar-refractivity contribution is -0.120. The Kier molecular flexibility index (Phi) is 10.9. The molecule has 1 aliphatic carbocycles. The third-order valence-electron chi connectivity index (χ3n) is 11.9. The zero-order valence-electron chi connectivity index (χ0n) is 31.0. The van der Waals surface area contributed by atoms with Gasteiger partial charge < -0.3 is 24.4 Å². The van der Waals surface area contributed by atoms with Crippen molar-refractivity contribution in [2.75, 3.05) is 49.1 Å². The molecule has 0 spiro atoms. The van der Waals surface area contributed by atoms with Gasteiger partial charge in [0.25, 0.3) is 5.91 Å². The van der Waals surface area contributed by atoms with E-state index in [9.17, 15) is 14.4 Å². The molecule has 2 N–H and O–H groups in total. The van der Waals surface area contributed by atoms with Crippen LogP contribution in [-0.2, 0) is 4.79 Å². The number of likely N-dealkylation sites (tertiary alicyclic amines) is 1. The number of hydrogen-bond donors (Lipinski definition) is 2. The number of anilines is 2. The van der Waals surface area contributed by atoms with Crippen molar-refractivity contribution in [1.29, 1.82) is 5.26 Å². The number of carbonyl (C=O) groups excluding carboxylic acids is 3. The first kappa shape index (κ1) is 36.8. The van der Waals surface area contributed by atoms with Crippen LogP contribution in [0.3, 0.4) is 0 Å². The molecule has 4 aromatic rings. The number of aromatic nitrogens is 2. The summed E-state index contributed by atoms with van der Waals surface area (Å²) < 4.78 is 8.48. The van der Waals surface area contributed by atoms with E-state index in [0.717, 1.165) is 106 Å². The molecule has 5 heterocycles. The Hall–Kier alpha value is -5.12. The summed E-state index contributed by atoms with van der Waals surface area (Å²) in [6.07, 6.45) is 11.9. The molecule has 1 saturated carbocycles. The molecule has 4 aliphatic rings. The number of fused-ring (bicyclic) bond motifs is 1. The SMILES string of the molecule is N#Cc1ccc(OC2CCC(NC(=O)c3ccc(N4CCC(CN5CCC(n6ccc7c(N8CCC(=O)NC8=O)cccc76)CC5)CC4)nc3)CC2)cc1Cl. The maximum absolute atomic E-state index is 13.1. The number of pyridine rings is 1. The number of benzene rings is 2. The molecular formula is C42H47ClN8O4. The van der Waals surface area contributed by atoms with Crippen molar-refractivity contribution in [3.05, 3.63) is 83.1 Å². The summed E-state index contributed by atoms with van der Waals surface area (Å²) in [5, 5.41) is 16.2. The molecule has 3 saturated heterocycles. The topological polar surface area (TPSA) is 136 Å². The number of rotatable bonds is 9. The summed E-state index contributed by atoms with van der Waals surface area (Å²) in [5.74, 6) is 1.92. The van der Waals surface area contributed by atoms with Gasteiger partial charge in [-0.1, -0.05) is 17.7 Å². The molecule has 2 aromatic heterocycles. The molecule has 12 nitrogen and oxygen atoms in total. The third kappa shape index (κ3) is 8.28. The molecule has 4 amide bonds.